The van der Waals surface area contributed by atoms with Crippen LogP contribution in [0.15, 0.2) is 57.7 Å². The van der Waals surface area contributed by atoms with Gasteiger partial charge in [0, 0.05) is 0 Å². The minimum absolute atomic E-state index is 0.162. The average Bonchev–Trinajstić information content (AvgIpc) is 3.23. The first kappa shape index (κ1) is 14.2. The summed E-state index contributed by atoms with van der Waals surface area (Å²) in [6.45, 7) is 0. The van der Waals surface area contributed by atoms with E-state index >= 15 is 0 Å². The number of nitrogens with one attached hydrogen (secondary N) is 1. The predicted octanol–water partition coefficient (Wildman–Crippen LogP) is 3.56. The number of hydrogen-bond donors (Lipinski definition) is 1. The summed E-state index contributed by atoms with van der Waals surface area (Å²) in [4.78, 5) is 21.0. The molecule has 0 radical (unpaired) electrons. The molecule has 5 nitrogen and oxygen atoms in total. The lowest BCUT2D eigenvalue weighted by atomic mass is 10.3. The fourth-order valence-electron chi connectivity index (χ4n) is 2.42. The second-order valence-electron chi connectivity index (χ2n) is 4.85. The Labute approximate surface area is 140 Å². The molecule has 0 amide bonds. The number of fused-ring (bicyclic) bond motifs is 1. The number of rotatable bonds is 3. The Kier molecular flexibility index (Phi) is 3.51. The highest BCUT2D eigenvalue weighted by Gasteiger charge is 2.18. The Bertz CT molecular complexity index is 1020. The molecule has 0 aliphatic carbocycles. The Balaban J connectivity index is 2.06. The van der Waals surface area contributed by atoms with Crippen molar-refractivity contribution in [3.05, 3.63) is 58.2 Å². The van der Waals surface area contributed by atoms with Gasteiger partial charge in [0.05, 0.1) is 10.6 Å². The van der Waals surface area contributed by atoms with E-state index in [1.807, 2.05) is 54.1 Å². The van der Waals surface area contributed by atoms with E-state index in [2.05, 4.69) is 15.1 Å². The van der Waals surface area contributed by atoms with E-state index in [0.29, 0.717) is 21.9 Å². The van der Waals surface area contributed by atoms with Crippen molar-refractivity contribution >= 4 is 34.1 Å². The maximum atomic E-state index is 12.6. The summed E-state index contributed by atoms with van der Waals surface area (Å²) < 4.78 is 1.73. The third-order valence-electron chi connectivity index (χ3n) is 3.45. The van der Waals surface area contributed by atoms with Gasteiger partial charge in [-0.05, 0) is 29.8 Å². The zero-order valence-electron chi connectivity index (χ0n) is 12.2. The van der Waals surface area contributed by atoms with Crippen molar-refractivity contribution in [2.24, 2.45) is 0 Å². The Morgan fingerprint density at radius 3 is 2.70 bits per heavy atom. The van der Waals surface area contributed by atoms with Crippen LogP contribution in [0, 0.1) is 0 Å². The zero-order valence-corrected chi connectivity index (χ0v) is 13.8. The lowest BCUT2D eigenvalue weighted by molar-refractivity contribution is 0.852. The molecule has 0 fully saturated rings. The van der Waals surface area contributed by atoms with Crippen LogP contribution in [-0.2, 0) is 0 Å². The monoisotopic (exact) mass is 340 g/mol. The maximum absolute atomic E-state index is 12.6. The van der Waals surface area contributed by atoms with Gasteiger partial charge in [0.2, 0.25) is 0 Å². The van der Waals surface area contributed by atoms with Crippen molar-refractivity contribution in [3.8, 4) is 16.4 Å². The van der Waals surface area contributed by atoms with Gasteiger partial charge in [-0.2, -0.15) is 5.10 Å². The van der Waals surface area contributed by atoms with E-state index in [1.165, 1.54) is 23.1 Å². The van der Waals surface area contributed by atoms with Crippen LogP contribution in [0.3, 0.4) is 0 Å². The van der Waals surface area contributed by atoms with Gasteiger partial charge in [-0.1, -0.05) is 24.3 Å². The van der Waals surface area contributed by atoms with Crippen LogP contribution in [0.25, 0.3) is 27.4 Å². The van der Waals surface area contributed by atoms with Crippen molar-refractivity contribution in [2.45, 2.75) is 5.03 Å². The number of aromatic nitrogens is 4. The minimum atomic E-state index is -0.162. The summed E-state index contributed by atoms with van der Waals surface area (Å²) >= 11 is 2.98. The van der Waals surface area contributed by atoms with Gasteiger partial charge < -0.3 is 4.98 Å². The topological polar surface area (TPSA) is 63.6 Å². The maximum Gasteiger partial charge on any atom is 0.263 e. The molecule has 4 rings (SSSR count). The Morgan fingerprint density at radius 2 is 2.00 bits per heavy atom. The van der Waals surface area contributed by atoms with Crippen molar-refractivity contribution in [2.75, 3.05) is 6.26 Å². The Morgan fingerprint density at radius 1 is 1.17 bits per heavy atom. The van der Waals surface area contributed by atoms with Gasteiger partial charge in [-0.3, -0.25) is 4.79 Å². The molecule has 0 bridgehead atoms. The molecule has 1 aromatic carbocycles. The lowest BCUT2D eigenvalue weighted by Crippen LogP contribution is -2.10. The average molecular weight is 340 g/mol. The number of benzene rings is 1. The van der Waals surface area contributed by atoms with Crippen molar-refractivity contribution in [1.29, 1.82) is 0 Å². The largest absolute Gasteiger partial charge is 0.305 e. The summed E-state index contributed by atoms with van der Waals surface area (Å²) in [5.74, 6) is 0.572. The fraction of sp³-hybridized carbons (Fsp3) is 0.0625. The highest BCUT2D eigenvalue weighted by atomic mass is 32.2. The molecule has 3 heterocycles. The number of nitrogens with zero attached hydrogens (tertiary/aromatic N) is 3. The number of aromatic amines is 1. The highest BCUT2D eigenvalue weighted by molar-refractivity contribution is 7.98. The van der Waals surface area contributed by atoms with Gasteiger partial charge in [-0.25, -0.2) is 9.67 Å². The summed E-state index contributed by atoms with van der Waals surface area (Å²) in [7, 11) is 0. The fourth-order valence-corrected chi connectivity index (χ4v) is 3.64. The summed E-state index contributed by atoms with van der Waals surface area (Å²) in [5.41, 5.74) is 1.30. The van der Waals surface area contributed by atoms with Gasteiger partial charge in [0.15, 0.2) is 11.5 Å². The smallest absolute Gasteiger partial charge is 0.263 e. The van der Waals surface area contributed by atoms with Crippen molar-refractivity contribution in [1.82, 2.24) is 19.7 Å². The van der Waals surface area contributed by atoms with Crippen LogP contribution in [0.5, 0.6) is 0 Å². The molecule has 23 heavy (non-hydrogen) atoms. The molecule has 0 saturated carbocycles. The molecule has 0 aliphatic rings. The second-order valence-corrected chi connectivity index (χ2v) is 6.59. The van der Waals surface area contributed by atoms with Crippen LogP contribution in [0.4, 0.5) is 0 Å². The van der Waals surface area contributed by atoms with Gasteiger partial charge >= 0.3 is 0 Å². The van der Waals surface area contributed by atoms with Gasteiger partial charge in [0.1, 0.15) is 10.4 Å². The molecule has 0 saturated heterocycles. The van der Waals surface area contributed by atoms with Crippen LogP contribution in [0.1, 0.15) is 0 Å². The third kappa shape index (κ3) is 2.38. The first-order valence-electron chi connectivity index (χ1n) is 6.94. The predicted molar refractivity (Wildman–Crippen MR) is 94.6 cm³/mol. The van der Waals surface area contributed by atoms with Crippen molar-refractivity contribution < 1.29 is 0 Å². The summed E-state index contributed by atoms with van der Waals surface area (Å²) in [6, 6.07) is 13.6. The summed E-state index contributed by atoms with van der Waals surface area (Å²) in [6.07, 6.45) is 1.91. The number of H-pyrrole nitrogens is 1. The normalized spacial score (nSPS) is 11.2. The SMILES string of the molecule is CSc1nn(-c2ccccc2)c2nc(-c3cccs3)[nH]c(=O)c12. The van der Waals surface area contributed by atoms with Crippen LogP contribution in [-0.4, -0.2) is 26.0 Å². The zero-order chi connectivity index (χ0) is 15.8. The van der Waals surface area contributed by atoms with Crippen molar-refractivity contribution in [3.63, 3.8) is 0 Å². The second kappa shape index (κ2) is 5.68. The molecule has 0 unspecified atom stereocenters. The minimum Gasteiger partial charge on any atom is -0.305 e. The molecule has 0 atom stereocenters. The number of thiophene rings is 1. The van der Waals surface area contributed by atoms with E-state index in [0.717, 1.165) is 10.6 Å². The first-order valence-corrected chi connectivity index (χ1v) is 9.04. The molecule has 3 aromatic heterocycles. The standard InChI is InChI=1S/C16H12N4OS2/c1-22-16-12-14(20(19-16)10-6-3-2-4-7-10)17-13(18-15(12)21)11-8-5-9-23-11/h2-9H,1H3,(H,17,18,21). The molecule has 0 aliphatic heterocycles. The molecule has 1 N–H and O–H groups in total. The number of hydrogen-bond acceptors (Lipinski definition) is 5. The van der Waals surface area contributed by atoms with Crippen LogP contribution in [0.2, 0.25) is 0 Å². The van der Waals surface area contributed by atoms with Crippen LogP contribution >= 0.6 is 23.1 Å². The van der Waals surface area contributed by atoms with E-state index < -0.39 is 0 Å². The molecule has 114 valence electrons. The van der Waals surface area contributed by atoms with Gasteiger partial charge in [-0.15, -0.1) is 23.1 Å². The highest BCUT2D eigenvalue weighted by Crippen LogP contribution is 2.27. The van der Waals surface area contributed by atoms with E-state index in [1.54, 1.807) is 4.68 Å². The molecule has 4 aromatic rings. The molecular weight excluding hydrogens is 328 g/mol. The third-order valence-corrected chi connectivity index (χ3v) is 5.00. The molecular formula is C16H12N4OS2. The lowest BCUT2D eigenvalue weighted by Gasteiger charge is -2.03. The van der Waals surface area contributed by atoms with E-state index in [-0.39, 0.29) is 5.56 Å². The number of para-hydroxylation sites is 1. The number of thioether (sulfide) groups is 1. The van der Waals surface area contributed by atoms with Crippen LogP contribution < -0.4 is 5.56 Å². The summed E-state index contributed by atoms with van der Waals surface area (Å²) in [5, 5.41) is 7.73. The van der Waals surface area contributed by atoms with Gasteiger partial charge in [0.25, 0.3) is 5.56 Å². The molecule has 7 heteroatoms. The van der Waals surface area contributed by atoms with E-state index in [9.17, 15) is 4.79 Å². The first-order chi connectivity index (χ1) is 11.3. The van der Waals surface area contributed by atoms with E-state index in [4.69, 9.17) is 0 Å². The molecule has 0 spiro atoms. The quantitative estimate of drug-likeness (QED) is 0.579. The Hall–Kier alpha value is -2.38.